The number of guanidine groups is 1. The van der Waals surface area contributed by atoms with Gasteiger partial charge in [-0.15, -0.1) is 0 Å². The van der Waals surface area contributed by atoms with Gasteiger partial charge >= 0.3 is 0 Å². The summed E-state index contributed by atoms with van der Waals surface area (Å²) in [4.78, 5) is 9.59. The molecule has 0 bridgehead atoms. The molecular weight excluding hydrogens is 436 g/mol. The summed E-state index contributed by atoms with van der Waals surface area (Å²) in [5, 5.41) is 11.0. The second-order valence-electron chi connectivity index (χ2n) is 7.14. The lowest BCUT2D eigenvalue weighted by atomic mass is 10.1. The van der Waals surface area contributed by atoms with E-state index in [9.17, 15) is 13.7 Å². The van der Waals surface area contributed by atoms with Crippen LogP contribution in [0.5, 0.6) is 0 Å². The molecule has 4 aromatic rings. The smallest absolute Gasteiger partial charge is 0.262 e. The fourth-order valence-electron chi connectivity index (χ4n) is 3.28. The first-order valence-corrected chi connectivity index (χ1v) is 11.5. The van der Waals surface area contributed by atoms with Crippen molar-refractivity contribution >= 4 is 38.1 Å². The predicted octanol–water partition coefficient (Wildman–Crippen LogP) is 3.97. The maximum atomic E-state index is 13.0. The normalized spacial score (nSPS) is 11.7. The lowest BCUT2D eigenvalue weighted by Gasteiger charge is -2.15. The number of hydrogen-bond donors (Lipinski definition) is 2. The Labute approximate surface area is 191 Å². The van der Waals surface area contributed by atoms with E-state index >= 15 is 0 Å². The number of pyridine rings is 1. The van der Waals surface area contributed by atoms with Gasteiger partial charge in [0.2, 0.25) is 5.96 Å². The Balaban J connectivity index is 1.50. The number of anilines is 1. The first-order chi connectivity index (χ1) is 16.0. The van der Waals surface area contributed by atoms with E-state index in [0.717, 1.165) is 10.9 Å². The Morgan fingerprint density at radius 2 is 1.70 bits per heavy atom. The summed E-state index contributed by atoms with van der Waals surface area (Å²) in [6.07, 6.45) is 5.18. The molecule has 0 aliphatic carbocycles. The highest BCUT2D eigenvalue weighted by Crippen LogP contribution is 2.25. The van der Waals surface area contributed by atoms with Crippen LogP contribution in [0.3, 0.4) is 0 Å². The number of sulfonamides is 1. The number of nitrogens with two attached hydrogens (primary N) is 1. The molecule has 3 aromatic carbocycles. The van der Waals surface area contributed by atoms with Gasteiger partial charge in [-0.25, -0.2) is 18.3 Å². The Hall–Kier alpha value is -4.42. The van der Waals surface area contributed by atoms with Gasteiger partial charge in [-0.1, -0.05) is 48.5 Å². The molecule has 0 fully saturated rings. The molecule has 0 aliphatic rings. The number of aromatic nitrogens is 1. The van der Waals surface area contributed by atoms with Crippen molar-refractivity contribution < 1.29 is 8.42 Å². The molecule has 1 heterocycles. The Bertz CT molecular complexity index is 1440. The summed E-state index contributed by atoms with van der Waals surface area (Å²) in [7, 11) is -3.79. The van der Waals surface area contributed by atoms with Crippen LogP contribution in [0, 0.1) is 11.5 Å². The molecule has 9 heteroatoms. The molecule has 4 rings (SSSR count). The number of hydrogen-bond acceptors (Lipinski definition) is 5. The second kappa shape index (κ2) is 9.38. The lowest BCUT2D eigenvalue weighted by Crippen LogP contribution is -2.32. The minimum Gasteiger partial charge on any atom is -0.369 e. The van der Waals surface area contributed by atoms with Crippen LogP contribution in [-0.4, -0.2) is 24.3 Å². The van der Waals surface area contributed by atoms with Crippen LogP contribution in [0.15, 0.2) is 101 Å². The summed E-state index contributed by atoms with van der Waals surface area (Å²) >= 11 is 0. The zero-order chi connectivity index (χ0) is 23.3. The quantitative estimate of drug-likeness (QED) is 0.196. The van der Waals surface area contributed by atoms with E-state index < -0.39 is 10.0 Å². The van der Waals surface area contributed by atoms with Crippen LogP contribution >= 0.6 is 0 Å². The van der Waals surface area contributed by atoms with E-state index in [2.05, 4.69) is 14.7 Å². The molecule has 0 radical (unpaired) electrons. The molecule has 33 heavy (non-hydrogen) atoms. The fraction of sp³-hybridized carbons (Fsp3) is 0.0417. The molecule has 0 unspecified atom stereocenters. The van der Waals surface area contributed by atoms with Crippen molar-refractivity contribution in [3.63, 3.8) is 0 Å². The highest BCUT2D eigenvalue weighted by atomic mass is 32.2. The van der Waals surface area contributed by atoms with E-state index in [4.69, 9.17) is 5.73 Å². The van der Waals surface area contributed by atoms with Gasteiger partial charge in [-0.3, -0.25) is 9.71 Å². The number of nitrogens with zero attached hydrogens (tertiary/aromatic N) is 4. The summed E-state index contributed by atoms with van der Waals surface area (Å²) in [5.74, 6) is 0.0458. The summed E-state index contributed by atoms with van der Waals surface area (Å²) < 4.78 is 28.6. The molecule has 0 spiro atoms. The predicted molar refractivity (Wildman–Crippen MR) is 128 cm³/mol. The lowest BCUT2D eigenvalue weighted by molar-refractivity contribution is 0.565. The highest BCUT2D eigenvalue weighted by Gasteiger charge is 2.17. The van der Waals surface area contributed by atoms with Gasteiger partial charge < -0.3 is 5.73 Å². The molecule has 0 saturated carbocycles. The molecule has 164 valence electrons. The number of aliphatic imine (C=N–C) groups is 1. The first kappa shape index (κ1) is 21.8. The van der Waals surface area contributed by atoms with Crippen molar-refractivity contribution in [1.29, 1.82) is 5.26 Å². The highest BCUT2D eigenvalue weighted by molar-refractivity contribution is 7.93. The van der Waals surface area contributed by atoms with Crippen molar-refractivity contribution in [1.82, 2.24) is 9.88 Å². The van der Waals surface area contributed by atoms with Crippen molar-refractivity contribution in [3.05, 3.63) is 96.8 Å². The van der Waals surface area contributed by atoms with Crippen molar-refractivity contribution in [2.45, 2.75) is 11.4 Å². The van der Waals surface area contributed by atoms with Gasteiger partial charge in [0.25, 0.3) is 10.0 Å². The monoisotopic (exact) mass is 456 g/mol. The average molecular weight is 457 g/mol. The molecule has 0 atom stereocenters. The first-order valence-electron chi connectivity index (χ1n) is 9.97. The van der Waals surface area contributed by atoms with Crippen molar-refractivity contribution in [2.75, 3.05) is 4.72 Å². The van der Waals surface area contributed by atoms with Crippen LogP contribution in [0.25, 0.3) is 10.8 Å². The molecule has 3 N–H and O–H groups in total. The Kier molecular flexibility index (Phi) is 6.20. The number of rotatable bonds is 6. The third-order valence-electron chi connectivity index (χ3n) is 4.89. The second-order valence-corrected chi connectivity index (χ2v) is 8.79. The van der Waals surface area contributed by atoms with Crippen LogP contribution in [0.2, 0.25) is 0 Å². The zero-order valence-corrected chi connectivity index (χ0v) is 18.3. The third kappa shape index (κ3) is 5.08. The van der Waals surface area contributed by atoms with Crippen LogP contribution in [0.4, 0.5) is 11.4 Å². The fourth-order valence-corrected chi connectivity index (χ4v) is 4.57. The summed E-state index contributed by atoms with van der Waals surface area (Å²) in [6, 6.07) is 22.6. The van der Waals surface area contributed by atoms with Gasteiger partial charge in [-0.05, 0) is 41.3 Å². The molecule has 8 nitrogen and oxygen atoms in total. The van der Waals surface area contributed by atoms with E-state index in [1.165, 1.54) is 4.90 Å². The Morgan fingerprint density at radius 1 is 1.00 bits per heavy atom. The summed E-state index contributed by atoms with van der Waals surface area (Å²) in [6.45, 7) is 0.188. The van der Waals surface area contributed by atoms with Crippen molar-refractivity contribution in [2.24, 2.45) is 10.7 Å². The number of benzene rings is 3. The van der Waals surface area contributed by atoms with Crippen LogP contribution in [0.1, 0.15) is 5.56 Å². The van der Waals surface area contributed by atoms with E-state index in [1.807, 2.05) is 24.4 Å². The minimum atomic E-state index is -3.79. The number of nitrogens with one attached hydrogen (secondary N) is 1. The topological polar surface area (TPSA) is 124 Å². The van der Waals surface area contributed by atoms with Gasteiger partial charge in [0, 0.05) is 23.5 Å². The third-order valence-corrected chi connectivity index (χ3v) is 6.33. The van der Waals surface area contributed by atoms with Crippen LogP contribution in [-0.2, 0) is 16.6 Å². The Morgan fingerprint density at radius 3 is 2.42 bits per heavy atom. The van der Waals surface area contributed by atoms with E-state index in [1.54, 1.807) is 73.1 Å². The van der Waals surface area contributed by atoms with E-state index in [0.29, 0.717) is 16.8 Å². The molecule has 1 aromatic heterocycles. The maximum absolute atomic E-state index is 13.0. The molecule has 0 saturated heterocycles. The number of fused-ring (bicyclic) bond motifs is 1. The average Bonchev–Trinajstić information content (AvgIpc) is 2.83. The SMILES string of the molecule is N#CN(Cc1ccc(NS(=O)(=O)c2cccc3ccccc23)cc1)C(N)=Nc1ccncc1. The molecule has 0 aliphatic heterocycles. The zero-order valence-electron chi connectivity index (χ0n) is 17.5. The van der Waals surface area contributed by atoms with E-state index in [-0.39, 0.29) is 17.4 Å². The minimum absolute atomic E-state index is 0.0458. The molecule has 0 amide bonds. The van der Waals surface area contributed by atoms with Crippen molar-refractivity contribution in [3.8, 4) is 6.19 Å². The standard InChI is InChI=1S/C24H20N6O2S/c25-17-30(24(26)28-20-12-14-27-15-13-20)16-18-8-10-21(11-9-18)29-33(31,32)23-7-3-5-19-4-1-2-6-22(19)23/h1-15,29H,16H2,(H2,26,27,28). The maximum Gasteiger partial charge on any atom is 0.262 e. The van der Waals surface area contributed by atoms with Gasteiger partial charge in [0.15, 0.2) is 6.19 Å². The largest absolute Gasteiger partial charge is 0.369 e. The number of nitriles is 1. The van der Waals surface area contributed by atoms with Gasteiger partial charge in [0.1, 0.15) is 0 Å². The van der Waals surface area contributed by atoms with Gasteiger partial charge in [0.05, 0.1) is 17.1 Å². The molecular formula is C24H20N6O2S. The summed E-state index contributed by atoms with van der Waals surface area (Å²) in [5.41, 5.74) is 7.73. The van der Waals surface area contributed by atoms with Gasteiger partial charge in [-0.2, -0.15) is 5.26 Å². The van der Waals surface area contributed by atoms with Crippen LogP contribution < -0.4 is 10.5 Å².